The molecule has 0 saturated heterocycles. The zero-order valence-electron chi connectivity index (χ0n) is 10.1. The highest BCUT2D eigenvalue weighted by Crippen LogP contribution is 2.44. The number of hydrogen-bond donors (Lipinski definition) is 0. The molecule has 90 valence electrons. The summed E-state index contributed by atoms with van der Waals surface area (Å²) < 4.78 is 1.93. The van der Waals surface area contributed by atoms with Crippen molar-refractivity contribution in [1.82, 2.24) is 9.78 Å². The number of aryl methyl sites for hydroxylation is 2. The summed E-state index contributed by atoms with van der Waals surface area (Å²) in [6.45, 7) is 4.32. The molecule has 1 saturated carbocycles. The van der Waals surface area contributed by atoms with E-state index in [1.807, 2.05) is 18.7 Å². The number of aromatic nitrogens is 2. The lowest BCUT2D eigenvalue weighted by Crippen LogP contribution is -2.18. The van der Waals surface area contributed by atoms with Crippen LogP contribution in [-0.2, 0) is 13.5 Å². The molecule has 1 fully saturated rings. The van der Waals surface area contributed by atoms with Gasteiger partial charge in [-0.3, -0.25) is 4.68 Å². The van der Waals surface area contributed by atoms with Gasteiger partial charge in [0.05, 0.1) is 16.4 Å². The first kappa shape index (κ1) is 12.4. The van der Waals surface area contributed by atoms with E-state index in [1.165, 1.54) is 25.0 Å². The SMILES string of the molecule is Cc1nn(C)c(CC2(C)CCC(Br)C2)c1Cl. The third-order valence-electron chi connectivity index (χ3n) is 3.63. The summed E-state index contributed by atoms with van der Waals surface area (Å²) in [5, 5.41) is 5.22. The highest BCUT2D eigenvalue weighted by Gasteiger charge is 2.35. The van der Waals surface area contributed by atoms with Gasteiger partial charge in [0, 0.05) is 11.9 Å². The Balaban J connectivity index is 2.21. The van der Waals surface area contributed by atoms with Gasteiger partial charge in [0.25, 0.3) is 0 Å². The molecule has 0 radical (unpaired) electrons. The second-order valence-electron chi connectivity index (χ2n) is 5.30. The number of halogens is 2. The minimum Gasteiger partial charge on any atom is -0.271 e. The minimum atomic E-state index is 0.373. The van der Waals surface area contributed by atoms with Gasteiger partial charge in [-0.25, -0.2) is 0 Å². The number of nitrogens with zero attached hydrogens (tertiary/aromatic N) is 2. The molecule has 16 heavy (non-hydrogen) atoms. The van der Waals surface area contributed by atoms with E-state index in [-0.39, 0.29) is 0 Å². The Morgan fingerprint density at radius 3 is 2.75 bits per heavy atom. The van der Waals surface area contributed by atoms with Gasteiger partial charge in [-0.05, 0) is 38.0 Å². The molecule has 2 unspecified atom stereocenters. The van der Waals surface area contributed by atoms with Gasteiger partial charge in [-0.1, -0.05) is 34.5 Å². The third kappa shape index (κ3) is 2.30. The third-order valence-corrected chi connectivity index (χ3v) is 4.90. The normalized spacial score (nSPS) is 29.9. The fraction of sp³-hybridized carbons (Fsp3) is 0.750. The van der Waals surface area contributed by atoms with E-state index in [0.29, 0.717) is 10.2 Å². The lowest BCUT2D eigenvalue weighted by Gasteiger charge is -2.23. The van der Waals surface area contributed by atoms with E-state index in [9.17, 15) is 0 Å². The van der Waals surface area contributed by atoms with Crippen molar-refractivity contribution < 1.29 is 0 Å². The van der Waals surface area contributed by atoms with Crippen molar-refractivity contribution in [3.63, 3.8) is 0 Å². The molecule has 0 bridgehead atoms. The van der Waals surface area contributed by atoms with Crippen molar-refractivity contribution in [3.8, 4) is 0 Å². The first-order chi connectivity index (χ1) is 7.41. The monoisotopic (exact) mass is 304 g/mol. The van der Waals surface area contributed by atoms with Crippen LogP contribution in [0.1, 0.15) is 37.6 Å². The van der Waals surface area contributed by atoms with Gasteiger partial charge in [-0.15, -0.1) is 0 Å². The van der Waals surface area contributed by atoms with Crippen LogP contribution in [0.2, 0.25) is 5.02 Å². The van der Waals surface area contributed by atoms with Crippen LogP contribution >= 0.6 is 27.5 Å². The van der Waals surface area contributed by atoms with Gasteiger partial charge in [0.1, 0.15) is 0 Å². The number of rotatable bonds is 2. The summed E-state index contributed by atoms with van der Waals surface area (Å²) >= 11 is 10.0. The molecule has 0 spiro atoms. The topological polar surface area (TPSA) is 17.8 Å². The smallest absolute Gasteiger partial charge is 0.0847 e. The molecule has 1 heterocycles. The van der Waals surface area contributed by atoms with Crippen LogP contribution < -0.4 is 0 Å². The van der Waals surface area contributed by atoms with Gasteiger partial charge in [-0.2, -0.15) is 5.10 Å². The van der Waals surface area contributed by atoms with Gasteiger partial charge >= 0.3 is 0 Å². The quantitative estimate of drug-likeness (QED) is 0.758. The van der Waals surface area contributed by atoms with E-state index in [2.05, 4.69) is 28.0 Å². The fourth-order valence-corrected chi connectivity index (χ4v) is 3.92. The van der Waals surface area contributed by atoms with Crippen LogP contribution in [0, 0.1) is 12.3 Å². The summed E-state index contributed by atoms with van der Waals surface area (Å²) in [5.74, 6) is 0. The molecule has 1 aliphatic carbocycles. The summed E-state index contributed by atoms with van der Waals surface area (Å²) in [6, 6.07) is 0. The molecular formula is C12H18BrClN2. The highest BCUT2D eigenvalue weighted by atomic mass is 79.9. The predicted molar refractivity (Wildman–Crippen MR) is 71.3 cm³/mol. The van der Waals surface area contributed by atoms with Crippen LogP contribution in [0.3, 0.4) is 0 Å². The lowest BCUT2D eigenvalue weighted by molar-refractivity contribution is 0.327. The Bertz CT molecular complexity index is 402. The summed E-state index contributed by atoms with van der Waals surface area (Å²) in [4.78, 5) is 0.672. The molecular weight excluding hydrogens is 288 g/mol. The summed E-state index contributed by atoms with van der Waals surface area (Å²) in [7, 11) is 1.98. The number of hydrogen-bond acceptors (Lipinski definition) is 1. The molecule has 2 atom stereocenters. The number of alkyl halides is 1. The first-order valence-electron chi connectivity index (χ1n) is 5.73. The van der Waals surface area contributed by atoms with E-state index < -0.39 is 0 Å². The van der Waals surface area contributed by atoms with Crippen molar-refractivity contribution in [1.29, 1.82) is 0 Å². The molecule has 4 heteroatoms. The van der Waals surface area contributed by atoms with Crippen molar-refractivity contribution >= 4 is 27.5 Å². The molecule has 0 amide bonds. The molecule has 0 aromatic carbocycles. The minimum absolute atomic E-state index is 0.373. The van der Waals surface area contributed by atoms with Gasteiger partial charge in [0.15, 0.2) is 0 Å². The van der Waals surface area contributed by atoms with E-state index in [0.717, 1.165) is 17.1 Å². The molecule has 0 N–H and O–H groups in total. The Labute approximate surface area is 110 Å². The van der Waals surface area contributed by atoms with Crippen LogP contribution in [0.25, 0.3) is 0 Å². The average Bonchev–Trinajstić information content (AvgIpc) is 2.63. The highest BCUT2D eigenvalue weighted by molar-refractivity contribution is 9.09. The van der Waals surface area contributed by atoms with Crippen LogP contribution in [0.4, 0.5) is 0 Å². The van der Waals surface area contributed by atoms with Crippen molar-refractivity contribution in [2.75, 3.05) is 0 Å². The van der Waals surface area contributed by atoms with Crippen molar-refractivity contribution in [2.24, 2.45) is 12.5 Å². The van der Waals surface area contributed by atoms with Crippen LogP contribution in [0.5, 0.6) is 0 Å². The van der Waals surface area contributed by atoms with Gasteiger partial charge in [0.2, 0.25) is 0 Å². The van der Waals surface area contributed by atoms with Crippen LogP contribution in [0.15, 0.2) is 0 Å². The average molecular weight is 306 g/mol. The van der Waals surface area contributed by atoms with E-state index >= 15 is 0 Å². The maximum absolute atomic E-state index is 6.30. The predicted octanol–water partition coefficient (Wildman–Crippen LogP) is 3.88. The summed E-state index contributed by atoms with van der Waals surface area (Å²) in [5.41, 5.74) is 2.50. The van der Waals surface area contributed by atoms with Gasteiger partial charge < -0.3 is 0 Å². The fourth-order valence-electron chi connectivity index (χ4n) is 2.68. The maximum Gasteiger partial charge on any atom is 0.0847 e. The maximum atomic E-state index is 6.30. The Morgan fingerprint density at radius 1 is 1.62 bits per heavy atom. The second kappa shape index (κ2) is 4.34. The lowest BCUT2D eigenvalue weighted by atomic mass is 9.84. The van der Waals surface area contributed by atoms with E-state index in [1.54, 1.807) is 0 Å². The molecule has 1 aromatic rings. The first-order valence-corrected chi connectivity index (χ1v) is 7.03. The van der Waals surface area contributed by atoms with Crippen LogP contribution in [-0.4, -0.2) is 14.6 Å². The summed E-state index contributed by atoms with van der Waals surface area (Å²) in [6.07, 6.45) is 4.80. The Kier molecular flexibility index (Phi) is 3.37. The van der Waals surface area contributed by atoms with Crippen molar-refractivity contribution in [3.05, 3.63) is 16.4 Å². The zero-order chi connectivity index (χ0) is 11.9. The Hall–Kier alpha value is -0.0200. The molecule has 1 aliphatic rings. The zero-order valence-corrected chi connectivity index (χ0v) is 12.4. The second-order valence-corrected chi connectivity index (χ2v) is 6.97. The molecule has 2 nitrogen and oxygen atoms in total. The Morgan fingerprint density at radius 2 is 2.31 bits per heavy atom. The largest absolute Gasteiger partial charge is 0.271 e. The molecule has 0 aliphatic heterocycles. The molecule has 2 rings (SSSR count). The standard InChI is InChI=1S/C12H18BrClN2/c1-8-11(14)10(16(3)15-8)7-12(2)5-4-9(13)6-12/h9H,4-7H2,1-3H3. The van der Waals surface area contributed by atoms with Crippen molar-refractivity contribution in [2.45, 2.75) is 44.4 Å². The molecule has 1 aromatic heterocycles. The van der Waals surface area contributed by atoms with E-state index in [4.69, 9.17) is 11.6 Å².